The predicted octanol–water partition coefficient (Wildman–Crippen LogP) is 3.35. The van der Waals surface area contributed by atoms with Gasteiger partial charge in [0.05, 0.1) is 25.6 Å². The van der Waals surface area contributed by atoms with Crippen molar-refractivity contribution in [1.82, 2.24) is 20.1 Å². The van der Waals surface area contributed by atoms with Crippen molar-refractivity contribution >= 4 is 69.1 Å². The van der Waals surface area contributed by atoms with Crippen LogP contribution in [-0.2, 0) is 47.7 Å². The molecule has 0 aliphatic carbocycles. The van der Waals surface area contributed by atoms with E-state index in [1.165, 1.54) is 38.7 Å². The van der Waals surface area contributed by atoms with Crippen LogP contribution in [0.25, 0.3) is 0 Å². The second kappa shape index (κ2) is 17.5. The van der Waals surface area contributed by atoms with Crippen LogP contribution in [0.1, 0.15) is 44.5 Å². The summed E-state index contributed by atoms with van der Waals surface area (Å²) in [6, 6.07) is 0. The molecule has 6 N–H and O–H groups in total. The minimum atomic E-state index is -5.77. The van der Waals surface area contributed by atoms with E-state index in [4.69, 9.17) is 23.8 Å². The number of hydrogen-bond acceptors (Lipinski definition) is 14. The Morgan fingerprint density at radius 2 is 1.90 bits per heavy atom. The summed E-state index contributed by atoms with van der Waals surface area (Å²) >= 11 is 0. The van der Waals surface area contributed by atoms with Gasteiger partial charge in [0.2, 0.25) is 5.96 Å². The van der Waals surface area contributed by atoms with Gasteiger partial charge < -0.3 is 49.1 Å². The monoisotopic (exact) mass is 830 g/mol. The highest BCUT2D eigenvalue weighted by Gasteiger charge is 2.44. The smallest absolute Gasteiger partial charge is 0.369 e. The average molecular weight is 831 g/mol. The van der Waals surface area contributed by atoms with E-state index in [0.717, 1.165) is 0 Å². The molecule has 3 heterocycles. The number of guanidine groups is 1. The van der Waals surface area contributed by atoms with Crippen LogP contribution < -0.4 is 10.6 Å². The van der Waals surface area contributed by atoms with Crippen molar-refractivity contribution in [2.45, 2.75) is 63.1 Å². The molecule has 3 unspecified atom stereocenters. The van der Waals surface area contributed by atoms with Crippen LogP contribution in [0.15, 0.2) is 16.2 Å². The molecule has 0 radical (unpaired) electrons. The quantitative estimate of drug-likeness (QED) is 0.0299. The minimum Gasteiger partial charge on any atom is -0.369 e. The Balaban J connectivity index is 1.91. The Kier molecular flexibility index (Phi) is 14.9. The number of halogens is 3. The highest BCUT2D eigenvalue weighted by atomic mass is 33.1. The van der Waals surface area contributed by atoms with E-state index >= 15 is 0 Å². The maximum absolute atomic E-state index is 12.6. The number of aliphatic imine (C=N–C) groups is 2. The highest BCUT2D eigenvalue weighted by Crippen LogP contribution is 2.66. The third-order valence-corrected chi connectivity index (χ3v) is 12.7. The van der Waals surface area contributed by atoms with Gasteiger partial charge in [-0.2, -0.15) is 26.8 Å². The van der Waals surface area contributed by atoms with E-state index in [-0.39, 0.29) is 29.6 Å². The number of aromatic nitrogens is 1. The number of ether oxygens (including phenoxy) is 2. The summed E-state index contributed by atoms with van der Waals surface area (Å²) in [5.41, 5.74) is 0.816. The van der Waals surface area contributed by atoms with Crippen LogP contribution in [0, 0.1) is 11.8 Å². The maximum atomic E-state index is 12.6. The molecule has 0 aromatic carbocycles. The average Bonchev–Trinajstić information content (AvgIpc) is 3.53. The van der Waals surface area contributed by atoms with Gasteiger partial charge in [0.1, 0.15) is 24.1 Å². The molecule has 2 aliphatic rings. The molecule has 1 aromatic heterocycles. The van der Waals surface area contributed by atoms with E-state index in [2.05, 4.69) is 35.8 Å². The Labute approximate surface area is 297 Å². The lowest BCUT2D eigenvalue weighted by atomic mass is 10.1. The number of alkyl halides is 3. The van der Waals surface area contributed by atoms with Crippen molar-refractivity contribution in [3.8, 4) is 11.8 Å². The van der Waals surface area contributed by atoms with Crippen molar-refractivity contribution in [3.63, 3.8) is 0 Å². The number of nitrogens with zero attached hydrogens (tertiary/aromatic N) is 4. The van der Waals surface area contributed by atoms with E-state index < -0.39 is 67.1 Å². The van der Waals surface area contributed by atoms with E-state index in [1.54, 1.807) is 24.3 Å². The molecule has 0 bridgehead atoms. The lowest BCUT2D eigenvalue weighted by molar-refractivity contribution is -0.173. The van der Waals surface area contributed by atoms with Gasteiger partial charge in [-0.05, 0) is 0 Å². The summed E-state index contributed by atoms with van der Waals surface area (Å²) in [4.78, 5) is 58.7. The highest BCUT2D eigenvalue weighted by molar-refractivity contribution is 8.77. The van der Waals surface area contributed by atoms with Gasteiger partial charge in [-0.15, -0.1) is 0 Å². The zero-order valence-corrected chi connectivity index (χ0v) is 31.8. The SMILES string of the molecule is CN(C)/C=N\C1=Nc2c(c(C#CCNC(=O)C(F)(F)F)cn2[C@H]2CC(OCSSC(C)(C)C)[C@@H](COP(=O)(O)OP(=O)(O)OP(=O)(O)O)O2)CN1. The third-order valence-electron chi connectivity index (χ3n) is 5.92. The van der Waals surface area contributed by atoms with Gasteiger partial charge in [-0.1, -0.05) is 54.2 Å². The number of fused-ring (bicyclic) bond motifs is 1. The second-order valence-corrected chi connectivity index (χ2v) is 19.1. The zero-order valence-electron chi connectivity index (χ0n) is 27.5. The van der Waals surface area contributed by atoms with E-state index in [1.807, 2.05) is 20.8 Å². The summed E-state index contributed by atoms with van der Waals surface area (Å²) in [6.45, 7) is 4.68. The second-order valence-electron chi connectivity index (χ2n) is 11.6. The van der Waals surface area contributed by atoms with Crippen LogP contribution in [0.2, 0.25) is 0 Å². The van der Waals surface area contributed by atoms with Crippen molar-refractivity contribution < 1.29 is 73.9 Å². The maximum Gasteiger partial charge on any atom is 0.490 e. The number of amides is 1. The lowest BCUT2D eigenvalue weighted by Gasteiger charge is -2.22. The van der Waals surface area contributed by atoms with Crippen LogP contribution in [-0.4, -0.2) is 104 Å². The Hall–Kier alpha value is -1.93. The topological polar surface area (TPSA) is 252 Å². The number of rotatable bonds is 14. The largest absolute Gasteiger partial charge is 0.490 e. The summed E-state index contributed by atoms with van der Waals surface area (Å²) in [5.74, 6) is 3.63. The normalized spacial score (nSPS) is 21.9. The molecule has 1 amide bonds. The molecule has 27 heteroatoms. The molecule has 5 atom stereocenters. The van der Waals surface area contributed by atoms with Gasteiger partial charge in [0.15, 0.2) is 0 Å². The summed E-state index contributed by atoms with van der Waals surface area (Å²) in [6.07, 6.45) is -4.96. The number of nitrogens with one attached hydrogen (secondary N) is 2. The first-order valence-corrected chi connectivity index (χ1v) is 21.1. The van der Waals surface area contributed by atoms with Crippen molar-refractivity contribution in [2.75, 3.05) is 33.2 Å². The van der Waals surface area contributed by atoms with Gasteiger partial charge in [-0.25, -0.2) is 18.7 Å². The number of hydrogen-bond donors (Lipinski definition) is 6. The molecule has 0 spiro atoms. The molecule has 1 aromatic rings. The Morgan fingerprint density at radius 3 is 2.51 bits per heavy atom. The number of carbonyl (C=O) groups is 1. The fourth-order valence-electron chi connectivity index (χ4n) is 4.08. The van der Waals surface area contributed by atoms with Crippen molar-refractivity contribution in [1.29, 1.82) is 0 Å². The standard InChI is InChI=1S/C24H36F3N6O13P3S2/c1-23(2,3)51-50-14-42-17-9-19(44-18(17)12-43-48(38,39)46-49(40,41)45-47(35,36)37)33-11-15(7-6-8-28-21(34)24(25,26)27)16-10-29-22(31-20(16)33)30-13-32(4)5/h11,13,17-19H,8-10,12,14H2,1-5H3,(H,28,34)(H,29,31)(H,38,39)(H,40,41)(H2,35,36,37)/b30-13-/t17?,18-,19-/m1/s1. The predicted molar refractivity (Wildman–Crippen MR) is 180 cm³/mol. The number of phosphoric acid groups is 3. The van der Waals surface area contributed by atoms with Crippen molar-refractivity contribution in [2.24, 2.45) is 9.98 Å². The molecular formula is C24H36F3N6O13P3S2. The summed E-state index contributed by atoms with van der Waals surface area (Å²) < 4.78 is 98.9. The fraction of sp³-hybridized carbons (Fsp3) is 0.625. The van der Waals surface area contributed by atoms with Gasteiger partial charge in [0, 0.05) is 49.1 Å². The molecular weight excluding hydrogens is 794 g/mol. The van der Waals surface area contributed by atoms with E-state index in [0.29, 0.717) is 16.9 Å². The van der Waals surface area contributed by atoms with Gasteiger partial charge in [0.25, 0.3) is 0 Å². The first kappa shape index (κ1) is 43.5. The fourth-order valence-corrected chi connectivity index (χ4v) is 9.11. The lowest BCUT2D eigenvalue weighted by Crippen LogP contribution is -2.36. The molecule has 3 rings (SSSR count). The van der Waals surface area contributed by atoms with Gasteiger partial charge >= 0.3 is 35.6 Å². The molecule has 288 valence electrons. The first-order valence-electron chi connectivity index (χ1n) is 14.3. The third kappa shape index (κ3) is 14.8. The van der Waals surface area contributed by atoms with Gasteiger partial charge in [-0.3, -0.25) is 9.32 Å². The Morgan fingerprint density at radius 1 is 1.22 bits per heavy atom. The summed E-state index contributed by atoms with van der Waals surface area (Å²) in [5, 5.41) is 4.66. The van der Waals surface area contributed by atoms with Crippen molar-refractivity contribution in [3.05, 3.63) is 17.3 Å². The molecule has 0 saturated carbocycles. The van der Waals surface area contributed by atoms with Crippen LogP contribution in [0.3, 0.4) is 0 Å². The zero-order chi connectivity index (χ0) is 38.4. The summed E-state index contributed by atoms with van der Waals surface area (Å²) in [7, 11) is -10.5. The molecule has 1 fully saturated rings. The van der Waals surface area contributed by atoms with Crippen LogP contribution >= 0.6 is 45.1 Å². The van der Waals surface area contributed by atoms with E-state index in [9.17, 15) is 41.4 Å². The first-order chi connectivity index (χ1) is 23.3. The minimum absolute atomic E-state index is 0.0695. The molecule has 51 heavy (non-hydrogen) atoms. The number of phosphoric ester groups is 1. The Bertz CT molecular complexity index is 1690. The van der Waals surface area contributed by atoms with Crippen LogP contribution in [0.5, 0.6) is 0 Å². The molecule has 1 saturated heterocycles. The molecule has 19 nitrogen and oxygen atoms in total. The number of carbonyl (C=O) groups excluding carboxylic acids is 1. The molecule has 2 aliphatic heterocycles. The van der Waals surface area contributed by atoms with Crippen LogP contribution in [0.4, 0.5) is 19.0 Å².